The molecule has 12 heteroatoms. The lowest BCUT2D eigenvalue weighted by Gasteiger charge is -2.22. The Balaban J connectivity index is 1.69. The number of carbonyl (C=O) groups excluding carboxylic acids is 2. The molecule has 0 aliphatic carbocycles. The van der Waals surface area contributed by atoms with Crippen LogP contribution in [0.15, 0.2) is 41.6 Å². The second kappa shape index (κ2) is 10.7. The van der Waals surface area contributed by atoms with Gasteiger partial charge in [-0.1, -0.05) is 57.0 Å². The van der Waals surface area contributed by atoms with Gasteiger partial charge in [0.15, 0.2) is 5.60 Å². The number of nitrogens with one attached hydrogen (secondary N) is 2. The first-order valence-electron chi connectivity index (χ1n) is 9.93. The number of alkyl halides is 4. The van der Waals surface area contributed by atoms with Gasteiger partial charge in [0.2, 0.25) is 5.91 Å². The molecule has 0 aromatic heterocycles. The van der Waals surface area contributed by atoms with Gasteiger partial charge in [-0.05, 0) is 48.4 Å². The average molecular weight is 628 g/mol. The van der Waals surface area contributed by atoms with Crippen molar-refractivity contribution in [1.29, 1.82) is 0 Å². The van der Waals surface area contributed by atoms with E-state index < -0.39 is 36.7 Å². The maximum absolute atomic E-state index is 12.5. The zero-order valence-corrected chi connectivity index (χ0v) is 21.4. The standard InChI is InChI=1S/C22H19Cl2F3IN3O3/c1-21(14-5-15(23)7-16(24)6-14)8-18(31-34-21)12-2-3-17(13(4-12)9-28)20(33)29-10-19(32)30-11-22(25,26)27/h2-7H,8-11H2,1H3,(H,29,33)(H,30,32)/t21-/m1/s1. The highest BCUT2D eigenvalue weighted by molar-refractivity contribution is 14.1. The molecule has 182 valence electrons. The van der Waals surface area contributed by atoms with E-state index in [0.717, 1.165) is 11.1 Å². The van der Waals surface area contributed by atoms with Crippen LogP contribution >= 0.6 is 45.8 Å². The number of oxime groups is 1. The number of halogens is 6. The summed E-state index contributed by atoms with van der Waals surface area (Å²) in [5.41, 5.74) is 2.41. The van der Waals surface area contributed by atoms with Gasteiger partial charge in [-0.2, -0.15) is 13.2 Å². The van der Waals surface area contributed by atoms with Crippen LogP contribution in [0.4, 0.5) is 13.2 Å². The van der Waals surface area contributed by atoms with Crippen LogP contribution in [-0.4, -0.2) is 36.8 Å². The second-order valence-electron chi connectivity index (χ2n) is 7.78. The Morgan fingerprint density at radius 1 is 1.15 bits per heavy atom. The summed E-state index contributed by atoms with van der Waals surface area (Å²) >= 11 is 14.3. The van der Waals surface area contributed by atoms with Gasteiger partial charge in [-0.3, -0.25) is 9.59 Å². The first kappa shape index (κ1) is 26.6. The molecular formula is C22H19Cl2F3IN3O3. The fourth-order valence-corrected chi connectivity index (χ4v) is 4.49. The van der Waals surface area contributed by atoms with Crippen molar-refractivity contribution in [1.82, 2.24) is 10.6 Å². The summed E-state index contributed by atoms with van der Waals surface area (Å²) in [5, 5.41) is 9.24. The summed E-state index contributed by atoms with van der Waals surface area (Å²) in [6.45, 7) is -0.158. The van der Waals surface area contributed by atoms with Crippen LogP contribution in [0.2, 0.25) is 10.0 Å². The van der Waals surface area contributed by atoms with Gasteiger partial charge < -0.3 is 15.5 Å². The Bertz CT molecular complexity index is 1120. The summed E-state index contributed by atoms with van der Waals surface area (Å²) in [6.07, 6.45) is -4.08. The van der Waals surface area contributed by atoms with Crippen molar-refractivity contribution in [2.24, 2.45) is 5.16 Å². The molecule has 2 amide bonds. The Morgan fingerprint density at radius 3 is 2.44 bits per heavy atom. The smallest absolute Gasteiger partial charge is 0.384 e. The summed E-state index contributed by atoms with van der Waals surface area (Å²) in [6, 6.07) is 10.2. The van der Waals surface area contributed by atoms with E-state index in [-0.39, 0.29) is 0 Å². The highest BCUT2D eigenvalue weighted by atomic mass is 127. The van der Waals surface area contributed by atoms with Crippen molar-refractivity contribution in [2.75, 3.05) is 13.1 Å². The van der Waals surface area contributed by atoms with E-state index in [1.165, 1.54) is 0 Å². The summed E-state index contributed by atoms with van der Waals surface area (Å²) in [5.74, 6) is -1.50. The number of benzene rings is 2. The first-order chi connectivity index (χ1) is 15.9. The van der Waals surface area contributed by atoms with Gasteiger partial charge in [-0.25, -0.2) is 0 Å². The maximum atomic E-state index is 12.5. The van der Waals surface area contributed by atoms with Gasteiger partial charge in [0.05, 0.1) is 12.3 Å². The quantitative estimate of drug-likeness (QED) is 0.320. The van der Waals surface area contributed by atoms with E-state index in [4.69, 9.17) is 28.0 Å². The minimum absolute atomic E-state index is 0.311. The van der Waals surface area contributed by atoms with Crippen molar-refractivity contribution in [2.45, 2.75) is 29.5 Å². The van der Waals surface area contributed by atoms with E-state index in [1.54, 1.807) is 41.7 Å². The molecule has 2 aromatic rings. The van der Waals surface area contributed by atoms with Crippen LogP contribution in [0.3, 0.4) is 0 Å². The molecule has 0 unspecified atom stereocenters. The first-order valence-corrected chi connectivity index (χ1v) is 12.2. The molecule has 0 saturated carbocycles. The molecule has 0 radical (unpaired) electrons. The Kier molecular flexibility index (Phi) is 8.35. The molecule has 2 aromatic carbocycles. The van der Waals surface area contributed by atoms with E-state index >= 15 is 0 Å². The van der Waals surface area contributed by atoms with Crippen LogP contribution in [0.5, 0.6) is 0 Å². The predicted octanol–water partition coefficient (Wildman–Crippen LogP) is 5.38. The number of nitrogens with zero attached hydrogens (tertiary/aromatic N) is 1. The molecule has 1 atom stereocenters. The highest BCUT2D eigenvalue weighted by Gasteiger charge is 2.37. The average Bonchev–Trinajstić information content (AvgIpc) is 3.18. The van der Waals surface area contributed by atoms with E-state index in [2.05, 4.69) is 33.1 Å². The molecule has 3 rings (SSSR count). The molecular weight excluding hydrogens is 609 g/mol. The SMILES string of the molecule is C[C@]1(c2cc(Cl)cc(Cl)c2)CC(c2ccc(C(=O)NCC(=O)NCC(F)(F)F)c(CI)c2)=NO1. The lowest BCUT2D eigenvalue weighted by molar-refractivity contribution is -0.137. The number of hydrogen-bond acceptors (Lipinski definition) is 4. The Hall–Kier alpha value is -2.05. The van der Waals surface area contributed by atoms with Crippen LogP contribution in [0, 0.1) is 0 Å². The van der Waals surface area contributed by atoms with Crippen LogP contribution in [-0.2, 0) is 19.7 Å². The number of rotatable bonds is 7. The van der Waals surface area contributed by atoms with Gasteiger partial charge in [0.1, 0.15) is 6.54 Å². The van der Waals surface area contributed by atoms with Crippen molar-refractivity contribution in [3.63, 3.8) is 0 Å². The lowest BCUT2D eigenvalue weighted by Crippen LogP contribution is -2.41. The maximum Gasteiger partial charge on any atom is 0.405 e. The van der Waals surface area contributed by atoms with Crippen molar-refractivity contribution in [3.05, 3.63) is 68.7 Å². The lowest BCUT2D eigenvalue weighted by atomic mass is 9.88. The molecule has 0 fully saturated rings. The molecule has 0 saturated heterocycles. The van der Waals surface area contributed by atoms with E-state index in [9.17, 15) is 22.8 Å². The van der Waals surface area contributed by atoms with Gasteiger partial charge in [0, 0.05) is 32.0 Å². The zero-order chi connectivity index (χ0) is 25.1. The Morgan fingerprint density at radius 2 is 1.82 bits per heavy atom. The number of carbonyl (C=O) groups is 2. The molecule has 6 nitrogen and oxygen atoms in total. The predicted molar refractivity (Wildman–Crippen MR) is 132 cm³/mol. The normalized spacial score (nSPS) is 17.7. The molecule has 0 bridgehead atoms. The Labute approximate surface area is 217 Å². The third-order valence-corrected chi connectivity index (χ3v) is 6.32. The van der Waals surface area contributed by atoms with Crippen LogP contribution in [0.1, 0.15) is 40.4 Å². The second-order valence-corrected chi connectivity index (χ2v) is 9.41. The summed E-state index contributed by atoms with van der Waals surface area (Å²) in [4.78, 5) is 29.8. The third kappa shape index (κ3) is 6.76. The third-order valence-electron chi connectivity index (χ3n) is 5.06. The fraction of sp³-hybridized carbons (Fsp3) is 0.318. The molecule has 2 N–H and O–H groups in total. The minimum Gasteiger partial charge on any atom is -0.384 e. The molecule has 1 heterocycles. The van der Waals surface area contributed by atoms with Gasteiger partial charge >= 0.3 is 6.18 Å². The van der Waals surface area contributed by atoms with Crippen LogP contribution in [0.25, 0.3) is 0 Å². The van der Waals surface area contributed by atoms with Crippen LogP contribution < -0.4 is 10.6 Å². The van der Waals surface area contributed by atoms with Crippen molar-refractivity contribution < 1.29 is 27.6 Å². The van der Waals surface area contributed by atoms with Crippen molar-refractivity contribution in [3.8, 4) is 0 Å². The molecule has 1 aliphatic heterocycles. The van der Waals surface area contributed by atoms with E-state index in [0.29, 0.717) is 37.7 Å². The van der Waals surface area contributed by atoms with Gasteiger partial charge in [0.25, 0.3) is 5.91 Å². The highest BCUT2D eigenvalue weighted by Crippen LogP contribution is 2.38. The van der Waals surface area contributed by atoms with E-state index in [1.807, 2.05) is 6.92 Å². The van der Waals surface area contributed by atoms with Crippen molar-refractivity contribution >= 4 is 63.3 Å². The number of amides is 2. The molecule has 1 aliphatic rings. The minimum atomic E-state index is -4.52. The molecule has 34 heavy (non-hydrogen) atoms. The van der Waals surface area contributed by atoms with Gasteiger partial charge in [-0.15, -0.1) is 0 Å². The largest absolute Gasteiger partial charge is 0.405 e. The fourth-order valence-electron chi connectivity index (χ4n) is 3.33. The molecule has 0 spiro atoms. The number of hydrogen-bond donors (Lipinski definition) is 2. The monoisotopic (exact) mass is 627 g/mol. The summed E-state index contributed by atoms with van der Waals surface area (Å²) < 4.78 is 37.0. The topological polar surface area (TPSA) is 79.8 Å². The summed E-state index contributed by atoms with van der Waals surface area (Å²) in [7, 11) is 0. The zero-order valence-electron chi connectivity index (χ0n) is 17.7.